The first-order valence-electron chi connectivity index (χ1n) is 4.77. The van der Waals surface area contributed by atoms with Crippen LogP contribution in [0.3, 0.4) is 0 Å². The molecule has 1 rings (SSSR count). The van der Waals surface area contributed by atoms with E-state index in [9.17, 15) is 0 Å². The molecule has 0 aliphatic carbocycles. The molecule has 0 amide bonds. The molecule has 14 heavy (non-hydrogen) atoms. The highest BCUT2D eigenvalue weighted by Crippen LogP contribution is 2.22. The predicted octanol–water partition coefficient (Wildman–Crippen LogP) is 2.48. The maximum absolute atomic E-state index is 9.14. The first-order valence-corrected chi connectivity index (χ1v) is 5.56. The van der Waals surface area contributed by atoms with Crippen molar-refractivity contribution < 1.29 is 5.11 Å². The molecular weight excluding hydrogens is 242 g/mol. The van der Waals surface area contributed by atoms with E-state index in [1.165, 1.54) is 5.56 Å². The predicted molar refractivity (Wildman–Crippen MR) is 62.2 cm³/mol. The SMILES string of the molecule is C[C@@H](O)CN[C@H](C)c1ccccc1Br. The van der Waals surface area contributed by atoms with Gasteiger partial charge in [-0.2, -0.15) is 0 Å². The third-order valence-corrected chi connectivity index (χ3v) is 2.81. The Kier molecular flexibility index (Phi) is 4.58. The van der Waals surface area contributed by atoms with E-state index in [2.05, 4.69) is 34.2 Å². The summed E-state index contributed by atoms with van der Waals surface area (Å²) in [6, 6.07) is 8.36. The smallest absolute Gasteiger partial charge is 0.0636 e. The van der Waals surface area contributed by atoms with E-state index in [4.69, 9.17) is 5.11 Å². The van der Waals surface area contributed by atoms with Crippen molar-refractivity contribution in [2.45, 2.75) is 26.0 Å². The van der Waals surface area contributed by atoms with Crippen LogP contribution in [0, 0.1) is 0 Å². The normalized spacial score (nSPS) is 15.1. The molecule has 0 aliphatic rings. The van der Waals surface area contributed by atoms with E-state index in [0.717, 1.165) is 4.47 Å². The second kappa shape index (κ2) is 5.49. The van der Waals surface area contributed by atoms with Gasteiger partial charge >= 0.3 is 0 Å². The zero-order valence-electron chi connectivity index (χ0n) is 8.50. The van der Waals surface area contributed by atoms with E-state index in [-0.39, 0.29) is 12.1 Å². The summed E-state index contributed by atoms with van der Waals surface area (Å²) in [5.41, 5.74) is 1.22. The Bertz CT molecular complexity index is 288. The van der Waals surface area contributed by atoms with Crippen LogP contribution < -0.4 is 5.32 Å². The van der Waals surface area contributed by atoms with Crippen LogP contribution in [0.2, 0.25) is 0 Å². The maximum atomic E-state index is 9.14. The van der Waals surface area contributed by atoms with Crippen LogP contribution in [0.1, 0.15) is 25.5 Å². The van der Waals surface area contributed by atoms with Crippen LogP contribution in [-0.2, 0) is 0 Å². The molecule has 0 spiro atoms. The number of halogens is 1. The van der Waals surface area contributed by atoms with Crippen molar-refractivity contribution in [3.05, 3.63) is 34.3 Å². The van der Waals surface area contributed by atoms with Gasteiger partial charge in [-0.1, -0.05) is 34.1 Å². The van der Waals surface area contributed by atoms with Gasteiger partial charge in [-0.15, -0.1) is 0 Å². The van der Waals surface area contributed by atoms with Crippen LogP contribution >= 0.6 is 15.9 Å². The molecule has 0 radical (unpaired) electrons. The van der Waals surface area contributed by atoms with E-state index < -0.39 is 0 Å². The highest BCUT2D eigenvalue weighted by Gasteiger charge is 2.08. The van der Waals surface area contributed by atoms with Gasteiger partial charge in [0.2, 0.25) is 0 Å². The summed E-state index contributed by atoms with van der Waals surface area (Å²) in [7, 11) is 0. The monoisotopic (exact) mass is 257 g/mol. The van der Waals surface area contributed by atoms with Gasteiger partial charge in [0.1, 0.15) is 0 Å². The topological polar surface area (TPSA) is 32.3 Å². The molecule has 0 unspecified atom stereocenters. The highest BCUT2D eigenvalue weighted by molar-refractivity contribution is 9.10. The zero-order chi connectivity index (χ0) is 10.6. The fraction of sp³-hybridized carbons (Fsp3) is 0.455. The van der Waals surface area contributed by atoms with Crippen molar-refractivity contribution >= 4 is 15.9 Å². The standard InChI is InChI=1S/C11H16BrNO/c1-8(14)7-13-9(2)10-5-3-4-6-11(10)12/h3-6,8-9,13-14H,7H2,1-2H3/t8-,9-/m1/s1. The maximum Gasteiger partial charge on any atom is 0.0636 e. The Hall–Kier alpha value is -0.380. The second-order valence-electron chi connectivity index (χ2n) is 3.50. The summed E-state index contributed by atoms with van der Waals surface area (Å²) in [4.78, 5) is 0. The summed E-state index contributed by atoms with van der Waals surface area (Å²) in [5.74, 6) is 0. The van der Waals surface area contributed by atoms with E-state index in [1.807, 2.05) is 18.2 Å². The highest BCUT2D eigenvalue weighted by atomic mass is 79.9. The van der Waals surface area contributed by atoms with Crippen LogP contribution in [0.15, 0.2) is 28.7 Å². The molecular formula is C11H16BrNO. The average molecular weight is 258 g/mol. The van der Waals surface area contributed by atoms with Crippen molar-refractivity contribution in [2.24, 2.45) is 0 Å². The Labute approximate surface area is 93.5 Å². The first kappa shape index (κ1) is 11.7. The number of aliphatic hydroxyl groups excluding tert-OH is 1. The van der Waals surface area contributed by atoms with Crippen molar-refractivity contribution in [3.63, 3.8) is 0 Å². The molecule has 1 aromatic rings. The molecule has 2 N–H and O–H groups in total. The average Bonchev–Trinajstić information content (AvgIpc) is 2.15. The van der Waals surface area contributed by atoms with Crippen molar-refractivity contribution in [1.82, 2.24) is 5.32 Å². The minimum Gasteiger partial charge on any atom is -0.392 e. The quantitative estimate of drug-likeness (QED) is 0.869. The van der Waals surface area contributed by atoms with Crippen LogP contribution in [0.4, 0.5) is 0 Å². The molecule has 2 nitrogen and oxygen atoms in total. The van der Waals surface area contributed by atoms with E-state index in [1.54, 1.807) is 6.92 Å². The molecule has 0 saturated carbocycles. The minimum atomic E-state index is -0.306. The lowest BCUT2D eigenvalue weighted by Crippen LogP contribution is -2.27. The van der Waals surface area contributed by atoms with Crippen LogP contribution in [0.25, 0.3) is 0 Å². The van der Waals surface area contributed by atoms with Crippen LogP contribution in [0.5, 0.6) is 0 Å². The minimum absolute atomic E-state index is 0.250. The third-order valence-electron chi connectivity index (χ3n) is 2.09. The molecule has 1 aromatic carbocycles. The number of benzene rings is 1. The Morgan fingerprint density at radius 2 is 2.00 bits per heavy atom. The van der Waals surface area contributed by atoms with E-state index in [0.29, 0.717) is 6.54 Å². The van der Waals surface area contributed by atoms with Gasteiger partial charge in [0, 0.05) is 17.1 Å². The largest absolute Gasteiger partial charge is 0.392 e. The number of aliphatic hydroxyl groups is 1. The van der Waals surface area contributed by atoms with Gasteiger partial charge in [-0.3, -0.25) is 0 Å². The van der Waals surface area contributed by atoms with Crippen molar-refractivity contribution in [2.75, 3.05) is 6.54 Å². The van der Waals surface area contributed by atoms with Gasteiger partial charge in [0.05, 0.1) is 6.10 Å². The Morgan fingerprint density at radius 3 is 2.57 bits per heavy atom. The lowest BCUT2D eigenvalue weighted by Gasteiger charge is -2.16. The van der Waals surface area contributed by atoms with Gasteiger partial charge < -0.3 is 10.4 Å². The van der Waals surface area contributed by atoms with Crippen molar-refractivity contribution in [1.29, 1.82) is 0 Å². The molecule has 0 fully saturated rings. The number of nitrogens with one attached hydrogen (secondary N) is 1. The molecule has 3 heteroatoms. The molecule has 0 aromatic heterocycles. The Balaban J connectivity index is 2.60. The Morgan fingerprint density at radius 1 is 1.36 bits per heavy atom. The van der Waals surface area contributed by atoms with Crippen LogP contribution in [-0.4, -0.2) is 17.8 Å². The number of hydrogen-bond donors (Lipinski definition) is 2. The van der Waals surface area contributed by atoms with Gasteiger partial charge in [0.15, 0.2) is 0 Å². The zero-order valence-corrected chi connectivity index (χ0v) is 10.1. The van der Waals surface area contributed by atoms with Crippen molar-refractivity contribution in [3.8, 4) is 0 Å². The lowest BCUT2D eigenvalue weighted by molar-refractivity contribution is 0.187. The summed E-state index contributed by atoms with van der Waals surface area (Å²) >= 11 is 3.50. The lowest BCUT2D eigenvalue weighted by atomic mass is 10.1. The molecule has 0 aliphatic heterocycles. The molecule has 0 heterocycles. The number of hydrogen-bond acceptors (Lipinski definition) is 2. The summed E-state index contributed by atoms with van der Waals surface area (Å²) in [5, 5.41) is 12.4. The molecule has 0 bridgehead atoms. The van der Waals surface area contributed by atoms with Gasteiger partial charge in [-0.25, -0.2) is 0 Å². The van der Waals surface area contributed by atoms with Gasteiger partial charge in [-0.05, 0) is 25.5 Å². The summed E-state index contributed by atoms with van der Waals surface area (Å²) in [6.45, 7) is 4.48. The summed E-state index contributed by atoms with van der Waals surface area (Å²) in [6.07, 6.45) is -0.306. The molecule has 2 atom stereocenters. The van der Waals surface area contributed by atoms with Gasteiger partial charge in [0.25, 0.3) is 0 Å². The first-order chi connectivity index (χ1) is 6.61. The second-order valence-corrected chi connectivity index (χ2v) is 4.35. The van der Waals surface area contributed by atoms with E-state index >= 15 is 0 Å². The molecule has 0 saturated heterocycles. The molecule has 78 valence electrons. The fourth-order valence-electron chi connectivity index (χ4n) is 1.28. The third kappa shape index (κ3) is 3.40. The number of rotatable bonds is 4. The fourth-order valence-corrected chi connectivity index (χ4v) is 1.91. The summed E-state index contributed by atoms with van der Waals surface area (Å²) < 4.78 is 1.10.